The SMILES string of the molecule is CC(C)(C)CC1OC(OC(C)(C)C)C(C(C)(C)C)C(C(C)(C)C)C1OC1OC(CC(C)(C)C)C(C(C)(C)C)C(C(C)(C)C)C1C(C)(C)C. The summed E-state index contributed by atoms with van der Waals surface area (Å²) in [6.07, 6.45) is 1.03. The molecule has 48 heavy (non-hydrogen) atoms. The zero-order valence-electron chi connectivity index (χ0n) is 36.8. The van der Waals surface area contributed by atoms with E-state index in [4.69, 9.17) is 18.9 Å². The lowest BCUT2D eigenvalue weighted by atomic mass is 9.52. The fourth-order valence-corrected chi connectivity index (χ4v) is 9.44. The van der Waals surface area contributed by atoms with Gasteiger partial charge in [0.15, 0.2) is 12.6 Å². The summed E-state index contributed by atoms with van der Waals surface area (Å²) in [5, 5.41) is 0. The summed E-state index contributed by atoms with van der Waals surface area (Å²) in [5.74, 6) is 1.30. The lowest BCUT2D eigenvalue weighted by molar-refractivity contribution is -0.370. The fraction of sp³-hybridized carbons (Fsp3) is 1.00. The molecular weight excluding hydrogens is 592 g/mol. The molecule has 4 heteroatoms. The molecule has 2 saturated heterocycles. The van der Waals surface area contributed by atoms with Crippen molar-refractivity contribution in [3.05, 3.63) is 0 Å². The highest BCUT2D eigenvalue weighted by Gasteiger charge is 2.61. The fourth-order valence-electron chi connectivity index (χ4n) is 9.44. The molecule has 2 fully saturated rings. The third-order valence-corrected chi connectivity index (χ3v) is 10.9. The topological polar surface area (TPSA) is 36.9 Å². The number of hydrogen-bond acceptors (Lipinski definition) is 4. The van der Waals surface area contributed by atoms with E-state index in [9.17, 15) is 0 Å². The van der Waals surface area contributed by atoms with Gasteiger partial charge in [0.1, 0.15) is 0 Å². The Kier molecular flexibility index (Phi) is 12.8. The molecule has 0 N–H and O–H groups in total. The van der Waals surface area contributed by atoms with Crippen molar-refractivity contribution in [2.45, 2.75) is 216 Å². The van der Waals surface area contributed by atoms with E-state index in [2.05, 4.69) is 166 Å². The van der Waals surface area contributed by atoms with Crippen molar-refractivity contribution in [3.63, 3.8) is 0 Å². The van der Waals surface area contributed by atoms with Gasteiger partial charge in [-0.25, -0.2) is 0 Å². The molecule has 10 unspecified atom stereocenters. The minimum atomic E-state index is -0.346. The zero-order chi connectivity index (χ0) is 38.0. The van der Waals surface area contributed by atoms with Gasteiger partial charge in [-0.3, -0.25) is 0 Å². The molecule has 0 aliphatic carbocycles. The van der Waals surface area contributed by atoms with Crippen molar-refractivity contribution < 1.29 is 18.9 Å². The number of hydrogen-bond donors (Lipinski definition) is 0. The average Bonchev–Trinajstić information content (AvgIpc) is 2.72. The molecule has 2 heterocycles. The predicted molar refractivity (Wildman–Crippen MR) is 206 cm³/mol. The molecule has 2 rings (SSSR count). The minimum Gasteiger partial charge on any atom is -0.349 e. The Labute approximate surface area is 301 Å². The Morgan fingerprint density at radius 1 is 0.375 bits per heavy atom. The molecule has 0 aromatic rings. The lowest BCUT2D eigenvalue weighted by Crippen LogP contribution is -2.65. The van der Waals surface area contributed by atoms with Crippen LogP contribution in [0.3, 0.4) is 0 Å². The van der Waals surface area contributed by atoms with Gasteiger partial charge in [-0.15, -0.1) is 0 Å². The van der Waals surface area contributed by atoms with E-state index >= 15 is 0 Å². The van der Waals surface area contributed by atoms with Gasteiger partial charge in [-0.05, 0) is 83.4 Å². The van der Waals surface area contributed by atoms with Crippen LogP contribution in [0.5, 0.6) is 0 Å². The van der Waals surface area contributed by atoms with E-state index in [-0.39, 0.29) is 92.2 Å². The van der Waals surface area contributed by atoms with Crippen molar-refractivity contribution in [1.82, 2.24) is 0 Å². The maximum atomic E-state index is 7.80. The van der Waals surface area contributed by atoms with Crippen molar-refractivity contribution in [2.75, 3.05) is 0 Å². The third-order valence-electron chi connectivity index (χ3n) is 10.9. The first-order chi connectivity index (χ1) is 20.8. The normalized spacial score (nSPS) is 34.0. The Morgan fingerprint density at radius 2 is 0.708 bits per heavy atom. The zero-order valence-corrected chi connectivity index (χ0v) is 36.8. The summed E-state index contributed by atoms with van der Waals surface area (Å²) in [6.45, 7) is 56.7. The highest BCUT2D eigenvalue weighted by Crippen LogP contribution is 2.59. The molecule has 0 aromatic carbocycles. The largest absolute Gasteiger partial charge is 0.349 e. The minimum absolute atomic E-state index is 0.0353. The van der Waals surface area contributed by atoms with Gasteiger partial charge in [0, 0.05) is 17.8 Å². The Balaban J connectivity index is 2.93. The smallest absolute Gasteiger partial charge is 0.162 e. The summed E-state index contributed by atoms with van der Waals surface area (Å²) >= 11 is 0. The van der Waals surface area contributed by atoms with Crippen molar-refractivity contribution >= 4 is 0 Å². The molecule has 4 nitrogen and oxygen atoms in total. The molecule has 0 amide bonds. The summed E-state index contributed by atoms with van der Waals surface area (Å²) < 4.78 is 29.5. The first-order valence-electron chi connectivity index (χ1n) is 19.5. The van der Waals surface area contributed by atoms with Crippen LogP contribution < -0.4 is 0 Å². The Bertz CT molecular complexity index is 1020. The maximum Gasteiger partial charge on any atom is 0.162 e. The number of rotatable bonds is 5. The van der Waals surface area contributed by atoms with E-state index in [0.717, 1.165) is 12.8 Å². The van der Waals surface area contributed by atoms with Gasteiger partial charge in [-0.1, -0.05) is 145 Å². The Hall–Kier alpha value is -0.160. The second kappa shape index (κ2) is 14.0. The molecular formula is C44H86O4. The third kappa shape index (κ3) is 11.7. The molecule has 0 spiro atoms. The lowest BCUT2D eigenvalue weighted by Gasteiger charge is -2.61. The highest BCUT2D eigenvalue weighted by molar-refractivity contribution is 5.05. The monoisotopic (exact) mass is 679 g/mol. The summed E-state index contributed by atoms with van der Waals surface area (Å²) in [7, 11) is 0. The van der Waals surface area contributed by atoms with Gasteiger partial charge in [0.2, 0.25) is 0 Å². The molecule has 286 valence electrons. The Morgan fingerprint density at radius 3 is 1.04 bits per heavy atom. The first kappa shape index (κ1) is 44.0. The second-order valence-corrected chi connectivity index (χ2v) is 24.9. The quantitative estimate of drug-likeness (QED) is 0.290. The molecule has 2 aliphatic heterocycles. The van der Waals surface area contributed by atoms with Crippen molar-refractivity contribution in [3.8, 4) is 0 Å². The molecule has 0 radical (unpaired) electrons. The van der Waals surface area contributed by atoms with Crippen LogP contribution in [0.1, 0.15) is 179 Å². The van der Waals surface area contributed by atoms with Crippen LogP contribution in [-0.4, -0.2) is 36.5 Å². The molecule has 10 atom stereocenters. The van der Waals surface area contributed by atoms with Crippen LogP contribution in [0.2, 0.25) is 0 Å². The molecule has 0 bridgehead atoms. The summed E-state index contributed by atoms with van der Waals surface area (Å²) in [5.41, 5.74) is -0.181. The van der Waals surface area contributed by atoms with Crippen LogP contribution in [-0.2, 0) is 18.9 Å². The van der Waals surface area contributed by atoms with Crippen LogP contribution >= 0.6 is 0 Å². The predicted octanol–water partition coefficient (Wildman–Crippen LogP) is 12.8. The van der Waals surface area contributed by atoms with E-state index in [0.29, 0.717) is 11.8 Å². The van der Waals surface area contributed by atoms with Gasteiger partial charge in [-0.2, -0.15) is 0 Å². The van der Waals surface area contributed by atoms with Gasteiger partial charge in [0.05, 0.1) is 23.9 Å². The van der Waals surface area contributed by atoms with Crippen LogP contribution in [0.15, 0.2) is 0 Å². The van der Waals surface area contributed by atoms with E-state index < -0.39 is 0 Å². The summed E-state index contributed by atoms with van der Waals surface area (Å²) in [6, 6.07) is 0. The standard InChI is InChI=1S/C44H86O4/c1-37(2,3)25-27-29(39(7,8)9)30(40(10,11)12)32(42(16,17)18)35(45-27)47-34-28(26-38(4,5)6)46-36(48-44(22,23)24)33(43(19,20)21)31(34)41(13,14)15/h27-36H,25-26H2,1-24H3. The van der Waals surface area contributed by atoms with Crippen LogP contribution in [0, 0.1) is 67.5 Å². The van der Waals surface area contributed by atoms with Crippen LogP contribution in [0.4, 0.5) is 0 Å². The highest BCUT2D eigenvalue weighted by atomic mass is 16.7. The van der Waals surface area contributed by atoms with E-state index in [1.807, 2.05) is 0 Å². The van der Waals surface area contributed by atoms with Crippen LogP contribution in [0.25, 0.3) is 0 Å². The maximum absolute atomic E-state index is 7.80. The van der Waals surface area contributed by atoms with E-state index in [1.54, 1.807) is 0 Å². The van der Waals surface area contributed by atoms with Gasteiger partial charge in [0.25, 0.3) is 0 Å². The van der Waals surface area contributed by atoms with Crippen molar-refractivity contribution in [2.24, 2.45) is 67.5 Å². The summed E-state index contributed by atoms with van der Waals surface area (Å²) in [4.78, 5) is 0. The first-order valence-corrected chi connectivity index (χ1v) is 19.5. The average molecular weight is 679 g/mol. The molecule has 2 aliphatic rings. The van der Waals surface area contributed by atoms with Gasteiger partial charge < -0.3 is 18.9 Å². The second-order valence-electron chi connectivity index (χ2n) is 24.9. The van der Waals surface area contributed by atoms with Gasteiger partial charge >= 0.3 is 0 Å². The number of ether oxygens (including phenoxy) is 4. The molecule has 0 aromatic heterocycles. The van der Waals surface area contributed by atoms with E-state index in [1.165, 1.54) is 0 Å². The molecule has 0 saturated carbocycles. The van der Waals surface area contributed by atoms with Crippen molar-refractivity contribution in [1.29, 1.82) is 0 Å².